The number of rotatable bonds is 4. The molecule has 0 saturated heterocycles. The second-order valence-corrected chi connectivity index (χ2v) is 1.85. The quantitative estimate of drug-likeness (QED) is 0.388. The number of hydrogen-bond acceptors (Lipinski definition) is 3. The molecular weight excluding hydrogens is 168 g/mol. The second-order valence-electron chi connectivity index (χ2n) is 1.85. The zero-order chi connectivity index (χ0) is 9.72. The molecule has 0 amide bonds. The summed E-state index contributed by atoms with van der Waals surface area (Å²) in [6, 6.07) is 0. The van der Waals surface area contributed by atoms with Gasteiger partial charge in [0.2, 0.25) is 0 Å². The molecule has 0 radical (unpaired) electrons. The van der Waals surface area contributed by atoms with Crippen LogP contribution in [-0.2, 0) is 14.4 Å². The van der Waals surface area contributed by atoms with Gasteiger partial charge in [-0.25, -0.2) is 4.79 Å². The molecule has 0 unspecified atom stereocenters. The van der Waals surface area contributed by atoms with Crippen LogP contribution in [0.25, 0.3) is 0 Å². The van der Waals surface area contributed by atoms with Gasteiger partial charge in [0.05, 0.1) is 0 Å². The minimum atomic E-state index is -1.80. The van der Waals surface area contributed by atoms with Crippen molar-refractivity contribution in [2.24, 2.45) is 5.92 Å². The summed E-state index contributed by atoms with van der Waals surface area (Å²) in [5, 5.41) is 24.5. The lowest BCUT2D eigenvalue weighted by Gasteiger charge is -1.97. The molecule has 0 aromatic rings. The summed E-state index contributed by atoms with van der Waals surface area (Å²) in [4.78, 5) is 30.1. The van der Waals surface area contributed by atoms with E-state index in [9.17, 15) is 14.4 Å². The van der Waals surface area contributed by atoms with E-state index in [0.717, 1.165) is 0 Å². The van der Waals surface area contributed by atoms with Crippen LogP contribution in [0.5, 0.6) is 0 Å². The molecule has 0 spiro atoms. The first-order chi connectivity index (χ1) is 5.45. The molecule has 6 heteroatoms. The maximum absolute atomic E-state index is 10.1. The van der Waals surface area contributed by atoms with E-state index in [2.05, 4.69) is 0 Å². The third-order valence-electron chi connectivity index (χ3n) is 0.963. The van der Waals surface area contributed by atoms with Crippen LogP contribution in [0.1, 0.15) is 0 Å². The first-order valence-corrected chi connectivity index (χ1v) is 2.82. The Morgan fingerprint density at radius 1 is 1.00 bits per heavy atom. The van der Waals surface area contributed by atoms with Crippen LogP contribution in [-0.4, -0.2) is 33.2 Å². The summed E-state index contributed by atoms with van der Waals surface area (Å²) in [7, 11) is 0. The second kappa shape index (κ2) is 4.12. The Morgan fingerprint density at radius 2 is 1.42 bits per heavy atom. The van der Waals surface area contributed by atoms with Gasteiger partial charge in [-0.2, -0.15) is 0 Å². The minimum absolute atomic E-state index is 0.479. The molecule has 0 atom stereocenters. The van der Waals surface area contributed by atoms with Gasteiger partial charge in [-0.15, -0.1) is 0 Å². The van der Waals surface area contributed by atoms with Gasteiger partial charge in [-0.05, 0) is 0 Å². The summed E-state index contributed by atoms with van der Waals surface area (Å²) in [6.45, 7) is 0. The van der Waals surface area contributed by atoms with Gasteiger partial charge in [0.1, 0.15) is 0 Å². The van der Waals surface area contributed by atoms with Gasteiger partial charge in [-0.1, -0.05) is 6.08 Å². The predicted molar refractivity (Wildman–Crippen MR) is 35.5 cm³/mol. The highest BCUT2D eigenvalue weighted by molar-refractivity contribution is 5.96. The van der Waals surface area contributed by atoms with Crippen LogP contribution in [0, 0.1) is 5.92 Å². The highest BCUT2D eigenvalue weighted by Gasteiger charge is 2.22. The topological polar surface area (TPSA) is 112 Å². The number of aliphatic carboxylic acids is 3. The zero-order valence-corrected chi connectivity index (χ0v) is 5.80. The Bertz CT molecular complexity index is 226. The molecule has 0 heterocycles. The van der Waals surface area contributed by atoms with Gasteiger partial charge in [-0.3, -0.25) is 9.59 Å². The van der Waals surface area contributed by atoms with Crippen molar-refractivity contribution in [2.75, 3.05) is 0 Å². The van der Waals surface area contributed by atoms with E-state index in [4.69, 9.17) is 15.3 Å². The third kappa shape index (κ3) is 3.35. The molecule has 0 rings (SSSR count). The van der Waals surface area contributed by atoms with Crippen LogP contribution in [0.3, 0.4) is 0 Å². The molecule has 6 nitrogen and oxygen atoms in total. The smallest absolute Gasteiger partial charge is 0.328 e. The molecule has 0 fully saturated rings. The van der Waals surface area contributed by atoms with Crippen LogP contribution in [0.2, 0.25) is 0 Å². The van der Waals surface area contributed by atoms with Crippen LogP contribution < -0.4 is 0 Å². The summed E-state index contributed by atoms with van der Waals surface area (Å²) in [5.74, 6) is -6.39. The Morgan fingerprint density at radius 3 is 1.67 bits per heavy atom. The van der Waals surface area contributed by atoms with Crippen molar-refractivity contribution >= 4 is 17.9 Å². The molecule has 0 aromatic heterocycles. The molecule has 66 valence electrons. The Hall–Kier alpha value is -1.85. The van der Waals surface area contributed by atoms with Gasteiger partial charge in [0, 0.05) is 6.08 Å². The van der Waals surface area contributed by atoms with E-state index in [1.807, 2.05) is 0 Å². The summed E-state index contributed by atoms with van der Waals surface area (Å²) >= 11 is 0. The van der Waals surface area contributed by atoms with Gasteiger partial charge in [0.15, 0.2) is 5.92 Å². The minimum Gasteiger partial charge on any atom is -0.480 e. The maximum atomic E-state index is 10.1. The molecule has 0 bridgehead atoms. The summed E-state index contributed by atoms with van der Waals surface area (Å²) in [6.07, 6.45) is 1.07. The lowest BCUT2D eigenvalue weighted by atomic mass is 10.1. The lowest BCUT2D eigenvalue weighted by molar-refractivity contribution is -0.151. The lowest BCUT2D eigenvalue weighted by Crippen LogP contribution is -2.21. The monoisotopic (exact) mass is 174 g/mol. The van der Waals surface area contributed by atoms with Crippen LogP contribution in [0.15, 0.2) is 12.2 Å². The first-order valence-electron chi connectivity index (χ1n) is 2.82. The molecule has 0 aliphatic carbocycles. The van der Waals surface area contributed by atoms with Crippen LogP contribution in [0.4, 0.5) is 0 Å². The summed E-state index contributed by atoms with van der Waals surface area (Å²) in [5.41, 5.74) is 0. The third-order valence-corrected chi connectivity index (χ3v) is 0.963. The van der Waals surface area contributed by atoms with Gasteiger partial charge >= 0.3 is 17.9 Å². The van der Waals surface area contributed by atoms with Crippen molar-refractivity contribution in [1.29, 1.82) is 0 Å². The van der Waals surface area contributed by atoms with E-state index in [1.54, 1.807) is 0 Å². The SMILES string of the molecule is O=C(O)/C=C/C(C(=O)O)C(=O)O. The van der Waals surface area contributed by atoms with Crippen molar-refractivity contribution in [3.05, 3.63) is 12.2 Å². The molecule has 0 saturated carbocycles. The molecule has 0 aliphatic heterocycles. The van der Waals surface area contributed by atoms with E-state index in [1.165, 1.54) is 0 Å². The van der Waals surface area contributed by atoms with Crippen molar-refractivity contribution in [1.82, 2.24) is 0 Å². The predicted octanol–water partition coefficient (Wildman–Crippen LogP) is -0.587. The largest absolute Gasteiger partial charge is 0.480 e. The average molecular weight is 174 g/mol. The molecular formula is C6H6O6. The Kier molecular flexibility index (Phi) is 3.48. The molecule has 0 aliphatic rings. The van der Waals surface area contributed by atoms with Gasteiger partial charge < -0.3 is 15.3 Å². The molecule has 3 N–H and O–H groups in total. The van der Waals surface area contributed by atoms with Crippen molar-refractivity contribution < 1.29 is 29.7 Å². The molecule has 0 aromatic carbocycles. The maximum Gasteiger partial charge on any atom is 0.328 e. The highest BCUT2D eigenvalue weighted by Crippen LogP contribution is 1.98. The fourth-order valence-electron chi connectivity index (χ4n) is 0.449. The Balaban J connectivity index is 4.44. The van der Waals surface area contributed by atoms with Crippen molar-refractivity contribution in [3.8, 4) is 0 Å². The normalized spacial score (nSPS) is 10.4. The fraction of sp³-hybridized carbons (Fsp3) is 0.167. The molecule has 12 heavy (non-hydrogen) atoms. The standard InChI is InChI=1S/C6H6O6/c7-4(8)2-1-3(5(9)10)6(11)12/h1-3H,(H,7,8)(H,9,10)(H,11,12)/b2-1+. The van der Waals surface area contributed by atoms with Gasteiger partial charge in [0.25, 0.3) is 0 Å². The number of carboxylic acids is 3. The van der Waals surface area contributed by atoms with Crippen molar-refractivity contribution in [3.63, 3.8) is 0 Å². The van der Waals surface area contributed by atoms with Crippen LogP contribution >= 0.6 is 0 Å². The fourth-order valence-corrected chi connectivity index (χ4v) is 0.449. The first kappa shape index (κ1) is 10.2. The highest BCUT2D eigenvalue weighted by atomic mass is 16.4. The van der Waals surface area contributed by atoms with E-state index >= 15 is 0 Å². The van der Waals surface area contributed by atoms with E-state index in [0.29, 0.717) is 12.2 Å². The summed E-state index contributed by atoms with van der Waals surface area (Å²) < 4.78 is 0. The van der Waals surface area contributed by atoms with Crippen molar-refractivity contribution in [2.45, 2.75) is 0 Å². The number of hydrogen-bond donors (Lipinski definition) is 3. The Labute approximate surface area is 66.7 Å². The van der Waals surface area contributed by atoms with E-state index < -0.39 is 23.8 Å². The number of carboxylic acid groups (broad SMARTS) is 3. The zero-order valence-electron chi connectivity index (χ0n) is 5.80. The van der Waals surface area contributed by atoms with E-state index in [-0.39, 0.29) is 0 Å². The average Bonchev–Trinajstić information content (AvgIpc) is 1.84. The number of carbonyl (C=O) groups is 3.